The molecule has 14 heteroatoms. The van der Waals surface area contributed by atoms with Gasteiger partial charge in [0.05, 0.1) is 26.4 Å². The quantitative estimate of drug-likeness (QED) is 0.0224. The largest absolute Gasteiger partial charge is 0.494 e. The van der Waals surface area contributed by atoms with Gasteiger partial charge < -0.3 is 37.9 Å². The van der Waals surface area contributed by atoms with Crippen molar-refractivity contribution in [3.8, 4) is 22.6 Å². The normalized spacial score (nSPS) is 10.8. The van der Waals surface area contributed by atoms with Gasteiger partial charge in [-0.3, -0.25) is 0 Å². The van der Waals surface area contributed by atoms with Crippen LogP contribution in [0.2, 0.25) is 0 Å². The van der Waals surface area contributed by atoms with Gasteiger partial charge in [0, 0.05) is 11.1 Å². The lowest BCUT2D eigenvalue weighted by atomic mass is 9.91. The van der Waals surface area contributed by atoms with E-state index in [4.69, 9.17) is 37.9 Å². The molecule has 0 aliphatic rings. The summed E-state index contributed by atoms with van der Waals surface area (Å²) in [6.45, 7) is 13.5. The SMILES string of the molecule is C=C(C)C(=O)OCCCc1cc(-c2ccc(OCCCc3ccc(CCCCCC)cc3)cc2)ccc1OCC(COC(=O)C(=C)C)(COC(=O)C(=O)OCC)COC(=O)C(=O)OCC. The van der Waals surface area contributed by atoms with E-state index in [-0.39, 0.29) is 31.0 Å². The van der Waals surface area contributed by atoms with E-state index in [1.807, 2.05) is 36.4 Å². The maximum atomic E-state index is 12.6. The molecule has 352 valence electrons. The number of hydrogen-bond acceptors (Lipinski definition) is 14. The minimum atomic E-state index is -1.68. The van der Waals surface area contributed by atoms with Crippen molar-refractivity contribution in [1.29, 1.82) is 0 Å². The Bertz CT molecular complexity index is 2020. The molecule has 0 aliphatic heterocycles. The van der Waals surface area contributed by atoms with Gasteiger partial charge in [0.2, 0.25) is 0 Å². The van der Waals surface area contributed by atoms with Crippen LogP contribution in [0.25, 0.3) is 11.1 Å². The number of aryl methyl sites for hydroxylation is 3. The van der Waals surface area contributed by atoms with Gasteiger partial charge in [-0.2, -0.15) is 0 Å². The third-order valence-electron chi connectivity index (χ3n) is 9.94. The Morgan fingerprint density at radius 2 is 0.969 bits per heavy atom. The van der Waals surface area contributed by atoms with E-state index in [1.165, 1.54) is 57.6 Å². The zero-order valence-corrected chi connectivity index (χ0v) is 38.5. The Morgan fingerprint density at radius 1 is 0.477 bits per heavy atom. The first-order valence-electron chi connectivity index (χ1n) is 22.1. The molecule has 3 rings (SSSR count). The molecular formula is C51H64O14. The van der Waals surface area contributed by atoms with E-state index in [0.717, 1.165) is 36.1 Å². The standard InChI is InChI=1S/C51H64O14/c1-8-11-12-13-16-38-19-21-39(22-20-38)17-14-29-60-43-26-23-40(24-27-43)41-25-28-44(42(31-41)18-15-30-61-45(52)36(4)5)62-32-51(33-63-46(53)37(6)7,34-64-49(56)47(54)58-9-2)35-65-50(57)48(55)59-10-3/h19-28,31H,4,6,8-18,29-30,32-35H2,1-3,5,7H3. The van der Waals surface area contributed by atoms with Crippen LogP contribution < -0.4 is 9.47 Å². The molecule has 0 aliphatic carbocycles. The number of rotatable bonds is 28. The van der Waals surface area contributed by atoms with Gasteiger partial charge in [-0.25, -0.2) is 28.8 Å². The Hall–Kier alpha value is -6.44. The van der Waals surface area contributed by atoms with Crippen LogP contribution in [0.5, 0.6) is 11.5 Å². The molecule has 0 N–H and O–H groups in total. The summed E-state index contributed by atoms with van der Waals surface area (Å²) in [5.74, 6) is -5.56. The van der Waals surface area contributed by atoms with Crippen LogP contribution in [0.15, 0.2) is 91.0 Å². The average Bonchev–Trinajstić information content (AvgIpc) is 3.30. The van der Waals surface area contributed by atoms with E-state index in [9.17, 15) is 28.8 Å². The fourth-order valence-electron chi connectivity index (χ4n) is 6.24. The number of carbonyl (C=O) groups excluding carboxylic acids is 6. The summed E-state index contributed by atoms with van der Waals surface area (Å²) in [6.07, 6.45) is 8.65. The van der Waals surface area contributed by atoms with Gasteiger partial charge >= 0.3 is 35.8 Å². The Labute approximate surface area is 382 Å². The Morgan fingerprint density at radius 3 is 1.51 bits per heavy atom. The van der Waals surface area contributed by atoms with Crippen LogP contribution in [0.3, 0.4) is 0 Å². The first-order valence-corrected chi connectivity index (χ1v) is 22.1. The van der Waals surface area contributed by atoms with Crippen LogP contribution >= 0.6 is 0 Å². The second-order valence-corrected chi connectivity index (χ2v) is 15.7. The second kappa shape index (κ2) is 28.4. The maximum Gasteiger partial charge on any atom is 0.417 e. The van der Waals surface area contributed by atoms with Crippen molar-refractivity contribution >= 4 is 35.8 Å². The highest BCUT2D eigenvalue weighted by atomic mass is 16.6. The zero-order chi connectivity index (χ0) is 47.6. The highest BCUT2D eigenvalue weighted by molar-refractivity contribution is 6.30. The molecule has 0 saturated carbocycles. The molecule has 0 saturated heterocycles. The lowest BCUT2D eigenvalue weighted by molar-refractivity contribution is -0.178. The predicted octanol–water partition coefficient (Wildman–Crippen LogP) is 8.24. The van der Waals surface area contributed by atoms with Gasteiger partial charge in [0.25, 0.3) is 0 Å². The molecular weight excluding hydrogens is 837 g/mol. The number of ether oxygens (including phenoxy) is 8. The predicted molar refractivity (Wildman–Crippen MR) is 243 cm³/mol. The smallest absolute Gasteiger partial charge is 0.417 e. The average molecular weight is 901 g/mol. The fourth-order valence-corrected chi connectivity index (χ4v) is 6.24. The summed E-state index contributed by atoms with van der Waals surface area (Å²) in [7, 11) is 0. The van der Waals surface area contributed by atoms with Crippen molar-refractivity contribution in [2.24, 2.45) is 5.41 Å². The minimum absolute atomic E-state index is 0.0429. The van der Waals surface area contributed by atoms with Gasteiger partial charge in [-0.15, -0.1) is 0 Å². The van der Waals surface area contributed by atoms with E-state index >= 15 is 0 Å². The number of benzene rings is 3. The summed E-state index contributed by atoms with van der Waals surface area (Å²) < 4.78 is 43.2. The molecule has 3 aromatic rings. The number of carbonyl (C=O) groups is 6. The summed E-state index contributed by atoms with van der Waals surface area (Å²) in [5, 5.41) is 0. The lowest BCUT2D eigenvalue weighted by Gasteiger charge is -2.32. The van der Waals surface area contributed by atoms with Gasteiger partial charge in [-0.1, -0.05) is 81.8 Å². The van der Waals surface area contributed by atoms with Crippen molar-refractivity contribution in [3.63, 3.8) is 0 Å². The zero-order valence-electron chi connectivity index (χ0n) is 38.5. The monoisotopic (exact) mass is 900 g/mol. The molecule has 14 nitrogen and oxygen atoms in total. The fraction of sp³-hybridized carbons (Fsp3) is 0.451. The first-order chi connectivity index (χ1) is 31.2. The molecule has 0 aromatic heterocycles. The molecule has 0 fully saturated rings. The van der Waals surface area contributed by atoms with Crippen LogP contribution in [-0.2, 0) is 76.5 Å². The van der Waals surface area contributed by atoms with Gasteiger partial charge in [-0.05, 0) is 118 Å². The molecule has 0 amide bonds. The molecule has 0 atom stereocenters. The van der Waals surface area contributed by atoms with Crippen molar-refractivity contribution in [2.45, 2.75) is 92.4 Å². The Balaban J connectivity index is 1.84. The molecule has 65 heavy (non-hydrogen) atoms. The highest BCUT2D eigenvalue weighted by Crippen LogP contribution is 2.31. The van der Waals surface area contributed by atoms with Crippen LogP contribution in [0, 0.1) is 5.41 Å². The molecule has 0 heterocycles. The minimum Gasteiger partial charge on any atom is -0.494 e. The second-order valence-electron chi connectivity index (χ2n) is 15.7. The van der Waals surface area contributed by atoms with E-state index < -0.39 is 67.7 Å². The third-order valence-corrected chi connectivity index (χ3v) is 9.94. The first kappa shape index (κ1) is 52.9. The topological polar surface area (TPSA) is 176 Å². The van der Waals surface area contributed by atoms with Crippen LogP contribution in [-0.4, -0.2) is 88.7 Å². The lowest BCUT2D eigenvalue weighted by Crippen LogP contribution is -2.45. The van der Waals surface area contributed by atoms with Gasteiger partial charge in [0.15, 0.2) is 0 Å². The van der Waals surface area contributed by atoms with E-state index in [0.29, 0.717) is 30.8 Å². The third kappa shape index (κ3) is 19.1. The van der Waals surface area contributed by atoms with E-state index in [2.05, 4.69) is 44.3 Å². The number of hydrogen-bond donors (Lipinski definition) is 0. The van der Waals surface area contributed by atoms with Crippen LogP contribution in [0.1, 0.15) is 89.8 Å². The number of esters is 6. The summed E-state index contributed by atoms with van der Waals surface area (Å²) in [4.78, 5) is 74.2. The van der Waals surface area contributed by atoms with Crippen molar-refractivity contribution in [1.82, 2.24) is 0 Å². The molecule has 0 bridgehead atoms. The molecule has 0 radical (unpaired) electrons. The maximum absolute atomic E-state index is 12.6. The molecule has 0 unspecified atom stereocenters. The summed E-state index contributed by atoms with van der Waals surface area (Å²) in [5.41, 5.74) is 3.67. The van der Waals surface area contributed by atoms with Crippen LogP contribution in [0.4, 0.5) is 0 Å². The van der Waals surface area contributed by atoms with Crippen molar-refractivity contribution in [2.75, 3.05) is 52.9 Å². The number of unbranched alkanes of at least 4 members (excludes halogenated alkanes) is 3. The van der Waals surface area contributed by atoms with Crippen molar-refractivity contribution in [3.05, 3.63) is 108 Å². The summed E-state index contributed by atoms with van der Waals surface area (Å²) >= 11 is 0. The van der Waals surface area contributed by atoms with E-state index in [1.54, 1.807) is 13.0 Å². The summed E-state index contributed by atoms with van der Waals surface area (Å²) in [6, 6.07) is 22.0. The highest BCUT2D eigenvalue weighted by Gasteiger charge is 2.39. The molecule has 0 spiro atoms. The molecule has 3 aromatic carbocycles. The van der Waals surface area contributed by atoms with Gasteiger partial charge in [0.1, 0.15) is 43.3 Å². The Kier molecular flexibility index (Phi) is 23.1. The van der Waals surface area contributed by atoms with Crippen molar-refractivity contribution < 1.29 is 66.7 Å².